The Balaban J connectivity index is 1.90. The van der Waals surface area contributed by atoms with Crippen LogP contribution in [0.4, 0.5) is 16.2 Å². The molecule has 0 saturated carbocycles. The van der Waals surface area contributed by atoms with Crippen LogP contribution in [0.5, 0.6) is 0 Å². The molecule has 0 aliphatic carbocycles. The van der Waals surface area contributed by atoms with Crippen LogP contribution in [0.25, 0.3) is 11.3 Å². The number of hydrogen-bond acceptors (Lipinski definition) is 9. The van der Waals surface area contributed by atoms with E-state index in [2.05, 4.69) is 20.7 Å². The van der Waals surface area contributed by atoms with Crippen LogP contribution in [0.1, 0.15) is 38.1 Å². The zero-order valence-electron chi connectivity index (χ0n) is 19.5. The summed E-state index contributed by atoms with van der Waals surface area (Å²) in [6.45, 7) is 7.28. The second kappa shape index (κ2) is 10.9. The lowest BCUT2D eigenvalue weighted by Crippen LogP contribution is -2.34. The lowest BCUT2D eigenvalue weighted by molar-refractivity contribution is 0.0434. The quantitative estimate of drug-likeness (QED) is 0.365. The molecule has 1 amide bonds. The van der Waals surface area contributed by atoms with Gasteiger partial charge in [0, 0.05) is 23.7 Å². The maximum atomic E-state index is 13.2. The fourth-order valence-corrected chi connectivity index (χ4v) is 3.61. The third-order valence-corrected chi connectivity index (χ3v) is 5.07. The standard InChI is InChI=1S/C23H27N5O5S/c1-5-28-20(29)19(26-16-7-6-9-24-13-16)17(18(27-28)15-8-12-34-14-15)21(30)32-11-10-25-22(31)33-23(2,3)4/h6-9,12-14,26H,5,10-11H2,1-4H3,(H,25,31). The smallest absolute Gasteiger partial charge is 0.407 e. The number of aryl methyl sites for hydroxylation is 1. The minimum absolute atomic E-state index is 0.00854. The van der Waals surface area contributed by atoms with E-state index in [0.29, 0.717) is 23.5 Å². The topological polar surface area (TPSA) is 124 Å². The van der Waals surface area contributed by atoms with Crippen LogP contribution in [0.2, 0.25) is 0 Å². The van der Waals surface area contributed by atoms with Gasteiger partial charge in [-0.1, -0.05) is 0 Å². The molecule has 3 rings (SSSR count). The molecule has 180 valence electrons. The number of ether oxygens (including phenoxy) is 2. The number of nitrogens with one attached hydrogen (secondary N) is 2. The highest BCUT2D eigenvalue weighted by atomic mass is 32.1. The molecule has 10 nitrogen and oxygen atoms in total. The van der Waals surface area contributed by atoms with Crippen molar-refractivity contribution in [3.8, 4) is 11.3 Å². The molecular formula is C23H27N5O5S. The van der Waals surface area contributed by atoms with Crippen molar-refractivity contribution in [1.82, 2.24) is 20.1 Å². The van der Waals surface area contributed by atoms with E-state index >= 15 is 0 Å². The van der Waals surface area contributed by atoms with E-state index in [4.69, 9.17) is 9.47 Å². The van der Waals surface area contributed by atoms with Crippen molar-refractivity contribution >= 4 is 34.8 Å². The fraction of sp³-hybridized carbons (Fsp3) is 0.348. The molecule has 11 heteroatoms. The Morgan fingerprint density at radius 3 is 2.65 bits per heavy atom. The Morgan fingerprint density at radius 1 is 1.24 bits per heavy atom. The number of carbonyl (C=O) groups excluding carboxylic acids is 2. The molecule has 0 aromatic carbocycles. The van der Waals surface area contributed by atoms with Crippen molar-refractivity contribution < 1.29 is 19.1 Å². The number of nitrogens with zero attached hydrogens (tertiary/aromatic N) is 3. The van der Waals surface area contributed by atoms with Crippen molar-refractivity contribution in [1.29, 1.82) is 0 Å². The summed E-state index contributed by atoms with van der Waals surface area (Å²) >= 11 is 1.44. The molecule has 3 heterocycles. The molecule has 0 fully saturated rings. The number of esters is 1. The van der Waals surface area contributed by atoms with Gasteiger partial charge >= 0.3 is 12.1 Å². The van der Waals surface area contributed by atoms with E-state index in [9.17, 15) is 14.4 Å². The molecular weight excluding hydrogens is 458 g/mol. The first-order chi connectivity index (χ1) is 16.2. The van der Waals surface area contributed by atoms with Gasteiger partial charge in [-0.2, -0.15) is 16.4 Å². The molecule has 0 unspecified atom stereocenters. The molecule has 0 saturated heterocycles. The van der Waals surface area contributed by atoms with Crippen LogP contribution < -0.4 is 16.2 Å². The molecule has 0 atom stereocenters. The van der Waals surface area contributed by atoms with Crippen LogP contribution in [-0.4, -0.2) is 45.6 Å². The molecule has 0 bridgehead atoms. The summed E-state index contributed by atoms with van der Waals surface area (Å²) in [6.07, 6.45) is 2.53. The van der Waals surface area contributed by atoms with Gasteiger partial charge in [0.2, 0.25) is 0 Å². The summed E-state index contributed by atoms with van der Waals surface area (Å²) in [5.74, 6) is -0.744. The third kappa shape index (κ3) is 6.41. The summed E-state index contributed by atoms with van der Waals surface area (Å²) in [4.78, 5) is 42.2. The van der Waals surface area contributed by atoms with Gasteiger partial charge in [0.25, 0.3) is 5.56 Å². The summed E-state index contributed by atoms with van der Waals surface area (Å²) in [5, 5.41) is 13.6. The molecule has 2 N–H and O–H groups in total. The highest BCUT2D eigenvalue weighted by Gasteiger charge is 2.26. The van der Waals surface area contributed by atoms with Crippen molar-refractivity contribution in [2.24, 2.45) is 0 Å². The predicted octanol–water partition coefficient (Wildman–Crippen LogP) is 3.81. The Bertz CT molecular complexity index is 1190. The lowest BCUT2D eigenvalue weighted by Gasteiger charge is -2.19. The monoisotopic (exact) mass is 485 g/mol. The third-order valence-electron chi connectivity index (χ3n) is 4.39. The first-order valence-corrected chi connectivity index (χ1v) is 11.6. The second-order valence-electron chi connectivity index (χ2n) is 8.16. The molecule has 0 spiro atoms. The molecule has 3 aromatic heterocycles. The number of hydrogen-bond donors (Lipinski definition) is 2. The summed E-state index contributed by atoms with van der Waals surface area (Å²) in [5.41, 5.74) is 0.470. The van der Waals surface area contributed by atoms with Gasteiger partial charge in [-0.25, -0.2) is 14.3 Å². The minimum atomic E-state index is -0.744. The van der Waals surface area contributed by atoms with Gasteiger partial charge in [0.1, 0.15) is 29.2 Å². The molecule has 34 heavy (non-hydrogen) atoms. The maximum absolute atomic E-state index is 13.2. The first kappa shape index (κ1) is 24.9. The van der Waals surface area contributed by atoms with E-state index < -0.39 is 23.2 Å². The number of alkyl carbamates (subject to hydrolysis) is 1. The summed E-state index contributed by atoms with van der Waals surface area (Å²) in [7, 11) is 0. The van der Waals surface area contributed by atoms with Crippen molar-refractivity contribution in [3.05, 3.63) is 57.3 Å². The van der Waals surface area contributed by atoms with Gasteiger partial charge in [0.05, 0.1) is 18.4 Å². The highest BCUT2D eigenvalue weighted by molar-refractivity contribution is 7.08. The Labute approximate surface area is 200 Å². The van der Waals surface area contributed by atoms with E-state index in [-0.39, 0.29) is 24.4 Å². The van der Waals surface area contributed by atoms with Gasteiger partial charge in [-0.05, 0) is 51.3 Å². The van der Waals surface area contributed by atoms with Crippen LogP contribution >= 0.6 is 11.3 Å². The lowest BCUT2D eigenvalue weighted by atomic mass is 10.1. The minimum Gasteiger partial charge on any atom is -0.460 e. The summed E-state index contributed by atoms with van der Waals surface area (Å²) in [6, 6.07) is 5.25. The zero-order chi connectivity index (χ0) is 24.7. The molecule has 3 aromatic rings. The number of thiophene rings is 1. The largest absolute Gasteiger partial charge is 0.460 e. The predicted molar refractivity (Wildman–Crippen MR) is 130 cm³/mol. The van der Waals surface area contributed by atoms with Crippen LogP contribution in [0.3, 0.4) is 0 Å². The number of carbonyl (C=O) groups is 2. The van der Waals surface area contributed by atoms with Crippen molar-refractivity contribution in [2.75, 3.05) is 18.5 Å². The first-order valence-electron chi connectivity index (χ1n) is 10.7. The Kier molecular flexibility index (Phi) is 8.00. The zero-order valence-corrected chi connectivity index (χ0v) is 20.3. The number of anilines is 2. The molecule has 0 aliphatic heterocycles. The van der Waals surface area contributed by atoms with Gasteiger partial charge in [0.15, 0.2) is 0 Å². The van der Waals surface area contributed by atoms with E-state index in [0.717, 1.165) is 0 Å². The average molecular weight is 486 g/mol. The number of rotatable bonds is 8. The van der Waals surface area contributed by atoms with Crippen molar-refractivity contribution in [2.45, 2.75) is 39.8 Å². The molecule has 0 aliphatic rings. The van der Waals surface area contributed by atoms with Gasteiger partial charge < -0.3 is 20.1 Å². The Hall–Kier alpha value is -3.73. The fourth-order valence-electron chi connectivity index (χ4n) is 2.97. The number of amides is 1. The van der Waals surface area contributed by atoms with E-state index in [1.54, 1.807) is 52.2 Å². The van der Waals surface area contributed by atoms with Crippen molar-refractivity contribution in [3.63, 3.8) is 0 Å². The summed E-state index contributed by atoms with van der Waals surface area (Å²) < 4.78 is 11.9. The SMILES string of the molecule is CCn1nc(-c2ccsc2)c(C(=O)OCCNC(=O)OC(C)(C)C)c(Nc2cccnc2)c1=O. The number of aromatic nitrogens is 3. The van der Waals surface area contributed by atoms with Crippen LogP contribution in [-0.2, 0) is 16.0 Å². The van der Waals surface area contributed by atoms with Gasteiger partial charge in [-0.3, -0.25) is 9.78 Å². The second-order valence-corrected chi connectivity index (χ2v) is 8.94. The highest BCUT2D eigenvalue weighted by Crippen LogP contribution is 2.29. The van der Waals surface area contributed by atoms with E-state index in [1.807, 2.05) is 16.8 Å². The number of pyridine rings is 1. The van der Waals surface area contributed by atoms with Crippen LogP contribution in [0.15, 0.2) is 46.1 Å². The van der Waals surface area contributed by atoms with Crippen LogP contribution in [0, 0.1) is 0 Å². The van der Waals surface area contributed by atoms with Gasteiger partial charge in [-0.15, -0.1) is 0 Å². The van der Waals surface area contributed by atoms with E-state index in [1.165, 1.54) is 16.0 Å². The molecule has 0 radical (unpaired) electrons. The maximum Gasteiger partial charge on any atom is 0.407 e. The average Bonchev–Trinajstić information content (AvgIpc) is 3.32. The Morgan fingerprint density at radius 2 is 2.03 bits per heavy atom. The normalized spacial score (nSPS) is 11.1.